The van der Waals surface area contributed by atoms with E-state index < -0.39 is 27.0 Å². The van der Waals surface area contributed by atoms with Crippen molar-refractivity contribution in [3.8, 4) is 0 Å². The first-order valence-electron chi connectivity index (χ1n) is 4.38. The molecule has 1 atom stereocenters. The number of halogens is 4. The zero-order valence-electron chi connectivity index (χ0n) is 8.62. The van der Waals surface area contributed by atoms with Crippen LogP contribution in [0, 0.1) is 6.92 Å². The summed E-state index contributed by atoms with van der Waals surface area (Å²) < 4.78 is 60.3. The Morgan fingerprint density at radius 3 is 2.24 bits per heavy atom. The van der Waals surface area contributed by atoms with Gasteiger partial charge in [0.2, 0.25) is 10.0 Å². The Morgan fingerprint density at radius 2 is 1.88 bits per heavy atom. The number of hydrogen-bond acceptors (Lipinski definition) is 2. The summed E-state index contributed by atoms with van der Waals surface area (Å²) in [4.78, 5) is 0. The lowest BCUT2D eigenvalue weighted by molar-refractivity contribution is -0.131. The fourth-order valence-corrected chi connectivity index (χ4v) is 3.19. The molecule has 1 aromatic carbocycles. The van der Waals surface area contributed by atoms with Gasteiger partial charge in [-0.15, -0.1) is 0 Å². The van der Waals surface area contributed by atoms with Crippen LogP contribution < -0.4 is 5.14 Å². The minimum absolute atomic E-state index is 0.0638. The summed E-state index contributed by atoms with van der Waals surface area (Å²) in [6, 6.07) is 3.89. The van der Waals surface area contributed by atoms with Crippen molar-refractivity contribution in [2.75, 3.05) is 0 Å². The van der Waals surface area contributed by atoms with Crippen LogP contribution in [-0.4, -0.2) is 14.6 Å². The van der Waals surface area contributed by atoms with Gasteiger partial charge in [0, 0.05) is 4.47 Å². The standard InChI is InChI=1S/C9H9BrF3NO2S/c1-5-2-3-6(7(10)4-5)8(9(11,12)13)17(14,15)16/h2-4,8H,1H3,(H2,14,15,16). The Morgan fingerprint density at radius 1 is 1.35 bits per heavy atom. The zero-order valence-corrected chi connectivity index (χ0v) is 11.0. The molecule has 1 rings (SSSR count). The fourth-order valence-electron chi connectivity index (χ4n) is 1.38. The fraction of sp³-hybridized carbons (Fsp3) is 0.333. The van der Waals surface area contributed by atoms with Crippen LogP contribution in [0.25, 0.3) is 0 Å². The Balaban J connectivity index is 3.44. The first-order chi connectivity index (χ1) is 7.53. The summed E-state index contributed by atoms with van der Waals surface area (Å²) >= 11 is 2.91. The summed E-state index contributed by atoms with van der Waals surface area (Å²) in [5.74, 6) is 0. The molecule has 0 aliphatic heterocycles. The van der Waals surface area contributed by atoms with Crippen molar-refractivity contribution in [1.29, 1.82) is 0 Å². The van der Waals surface area contributed by atoms with Crippen LogP contribution in [0.3, 0.4) is 0 Å². The van der Waals surface area contributed by atoms with E-state index in [0.29, 0.717) is 5.56 Å². The average molecular weight is 332 g/mol. The van der Waals surface area contributed by atoms with Crippen LogP contribution >= 0.6 is 15.9 Å². The number of hydrogen-bond donors (Lipinski definition) is 1. The Bertz CT molecular complexity index is 528. The maximum absolute atomic E-state index is 12.7. The second-order valence-corrected chi connectivity index (χ2v) is 6.04. The Labute approximate surface area is 105 Å². The normalized spacial score (nSPS) is 14.7. The van der Waals surface area contributed by atoms with Crippen LogP contribution in [0.15, 0.2) is 22.7 Å². The lowest BCUT2D eigenvalue weighted by Crippen LogP contribution is -2.33. The minimum atomic E-state index is -4.95. The quantitative estimate of drug-likeness (QED) is 0.905. The lowest BCUT2D eigenvalue weighted by Gasteiger charge is -2.19. The molecule has 96 valence electrons. The summed E-state index contributed by atoms with van der Waals surface area (Å²) in [5.41, 5.74) is 0.293. The first kappa shape index (κ1) is 14.5. The predicted octanol–water partition coefficient (Wildman–Crippen LogP) is 2.65. The largest absolute Gasteiger partial charge is 0.410 e. The SMILES string of the molecule is Cc1ccc(C(C(F)(F)F)S(N)(=O)=O)c(Br)c1. The van der Waals surface area contributed by atoms with Crippen molar-refractivity contribution < 1.29 is 21.6 Å². The molecule has 0 saturated heterocycles. The third kappa shape index (κ3) is 3.43. The van der Waals surface area contributed by atoms with E-state index in [0.717, 1.165) is 6.07 Å². The molecule has 0 amide bonds. The van der Waals surface area contributed by atoms with E-state index >= 15 is 0 Å². The van der Waals surface area contributed by atoms with E-state index in [2.05, 4.69) is 21.1 Å². The van der Waals surface area contributed by atoms with Crippen LogP contribution in [0.1, 0.15) is 16.4 Å². The number of benzene rings is 1. The molecular weight excluding hydrogens is 323 g/mol. The van der Waals surface area contributed by atoms with Crippen molar-refractivity contribution >= 4 is 26.0 Å². The number of aryl methyl sites for hydroxylation is 1. The van der Waals surface area contributed by atoms with E-state index in [-0.39, 0.29) is 4.47 Å². The summed E-state index contributed by atoms with van der Waals surface area (Å²) in [6.07, 6.45) is -4.95. The van der Waals surface area contributed by atoms with E-state index in [9.17, 15) is 21.6 Å². The maximum atomic E-state index is 12.7. The number of primary sulfonamides is 1. The van der Waals surface area contributed by atoms with Gasteiger partial charge in [-0.1, -0.05) is 28.1 Å². The third-order valence-corrected chi connectivity index (χ3v) is 3.93. The van der Waals surface area contributed by atoms with Crippen molar-refractivity contribution in [3.63, 3.8) is 0 Å². The van der Waals surface area contributed by atoms with Gasteiger partial charge >= 0.3 is 6.18 Å². The highest BCUT2D eigenvalue weighted by atomic mass is 79.9. The molecule has 2 N–H and O–H groups in total. The van der Waals surface area contributed by atoms with Gasteiger partial charge in [-0.05, 0) is 24.1 Å². The van der Waals surface area contributed by atoms with Gasteiger partial charge in [0.1, 0.15) is 0 Å². The molecule has 0 bridgehead atoms. The maximum Gasteiger partial charge on any atom is 0.410 e. The smallest absolute Gasteiger partial charge is 0.228 e. The minimum Gasteiger partial charge on any atom is -0.228 e. The second-order valence-electron chi connectivity index (χ2n) is 3.54. The van der Waals surface area contributed by atoms with Gasteiger partial charge in [0.05, 0.1) is 0 Å². The van der Waals surface area contributed by atoms with Gasteiger partial charge in [0.25, 0.3) is 0 Å². The Hall–Kier alpha value is -0.600. The molecule has 0 aromatic heterocycles. The highest BCUT2D eigenvalue weighted by molar-refractivity contribution is 9.10. The summed E-state index contributed by atoms with van der Waals surface area (Å²) in [7, 11) is -4.77. The summed E-state index contributed by atoms with van der Waals surface area (Å²) in [6.45, 7) is 1.67. The van der Waals surface area contributed by atoms with Gasteiger partial charge in [0.15, 0.2) is 5.25 Å². The van der Waals surface area contributed by atoms with Crippen molar-refractivity contribution in [2.45, 2.75) is 18.3 Å². The van der Waals surface area contributed by atoms with Crippen LogP contribution in [0.5, 0.6) is 0 Å². The second kappa shape index (κ2) is 4.58. The predicted molar refractivity (Wildman–Crippen MR) is 60.8 cm³/mol. The van der Waals surface area contributed by atoms with Crippen molar-refractivity contribution in [3.05, 3.63) is 33.8 Å². The topological polar surface area (TPSA) is 60.2 Å². The number of rotatable bonds is 2. The molecule has 1 unspecified atom stereocenters. The molecule has 0 fully saturated rings. The highest BCUT2D eigenvalue weighted by Gasteiger charge is 2.49. The van der Waals surface area contributed by atoms with Crippen LogP contribution in [-0.2, 0) is 10.0 Å². The average Bonchev–Trinajstić information content (AvgIpc) is 2.04. The molecular formula is C9H9BrF3NO2S. The monoisotopic (exact) mass is 331 g/mol. The first-order valence-corrected chi connectivity index (χ1v) is 6.78. The molecule has 0 spiro atoms. The van der Waals surface area contributed by atoms with E-state index in [1.54, 1.807) is 6.92 Å². The number of sulfonamides is 1. The molecule has 8 heteroatoms. The van der Waals surface area contributed by atoms with Gasteiger partial charge < -0.3 is 0 Å². The van der Waals surface area contributed by atoms with Gasteiger partial charge in [-0.2, -0.15) is 13.2 Å². The Kier molecular flexibility index (Phi) is 3.90. The molecule has 0 aliphatic carbocycles. The van der Waals surface area contributed by atoms with Crippen LogP contribution in [0.4, 0.5) is 13.2 Å². The molecule has 0 saturated carbocycles. The number of alkyl halides is 3. The molecule has 17 heavy (non-hydrogen) atoms. The molecule has 3 nitrogen and oxygen atoms in total. The van der Waals surface area contributed by atoms with Gasteiger partial charge in [-0.3, -0.25) is 0 Å². The zero-order chi connectivity index (χ0) is 13.4. The van der Waals surface area contributed by atoms with Crippen molar-refractivity contribution in [2.24, 2.45) is 5.14 Å². The van der Waals surface area contributed by atoms with Gasteiger partial charge in [-0.25, -0.2) is 13.6 Å². The lowest BCUT2D eigenvalue weighted by atomic mass is 10.1. The van der Waals surface area contributed by atoms with Crippen LogP contribution in [0.2, 0.25) is 0 Å². The van der Waals surface area contributed by atoms with E-state index in [1.165, 1.54) is 12.1 Å². The molecule has 0 aliphatic rings. The highest BCUT2D eigenvalue weighted by Crippen LogP contribution is 2.40. The third-order valence-electron chi connectivity index (χ3n) is 2.06. The summed E-state index contributed by atoms with van der Waals surface area (Å²) in [5, 5.41) is 1.92. The van der Waals surface area contributed by atoms with Crippen molar-refractivity contribution in [1.82, 2.24) is 0 Å². The number of nitrogens with two attached hydrogens (primary N) is 1. The molecule has 1 aromatic rings. The van der Waals surface area contributed by atoms with E-state index in [1.807, 2.05) is 0 Å². The molecule has 0 heterocycles. The molecule has 0 radical (unpaired) electrons. The van der Waals surface area contributed by atoms with E-state index in [4.69, 9.17) is 0 Å².